The fourth-order valence-corrected chi connectivity index (χ4v) is 4.45. The molecular weight excluding hydrogens is 346 g/mol. The summed E-state index contributed by atoms with van der Waals surface area (Å²) in [7, 11) is 3.35. The fraction of sp³-hybridized carbons (Fsp3) is 0.429. The molecule has 1 fully saturated rings. The summed E-state index contributed by atoms with van der Waals surface area (Å²) in [6.07, 6.45) is 4.18. The third-order valence-electron chi connectivity index (χ3n) is 5.70. The molecule has 4 rings (SSSR count). The molecule has 0 bridgehead atoms. The lowest BCUT2D eigenvalue weighted by Crippen LogP contribution is -2.34. The molecule has 1 aliphatic heterocycles. The van der Waals surface area contributed by atoms with Crippen LogP contribution in [0.1, 0.15) is 54.4 Å². The molecule has 0 unspecified atom stereocenters. The van der Waals surface area contributed by atoms with Crippen LogP contribution in [-0.4, -0.2) is 25.2 Å². The van der Waals surface area contributed by atoms with Gasteiger partial charge in [0.2, 0.25) is 0 Å². The van der Waals surface area contributed by atoms with Crippen LogP contribution >= 0.6 is 0 Å². The summed E-state index contributed by atoms with van der Waals surface area (Å²) in [4.78, 5) is 10.6. The van der Waals surface area contributed by atoms with Crippen LogP contribution in [0.4, 0.5) is 5.69 Å². The number of rotatable bonds is 4. The largest absolute Gasteiger partial charge is 0.496 e. The Bertz CT molecular complexity index is 848. The SMILES string of the molecule is COc1ccc(OC)c2c1[C@H](c1ccc([N+](=O)[O-])cc1)O[C@@H]1CCCC[C@H]21. The topological polar surface area (TPSA) is 70.8 Å². The van der Waals surface area contributed by atoms with E-state index in [4.69, 9.17) is 14.2 Å². The minimum atomic E-state index is -0.389. The second-order valence-electron chi connectivity index (χ2n) is 7.09. The molecule has 1 heterocycles. The first-order chi connectivity index (χ1) is 13.1. The van der Waals surface area contributed by atoms with Crippen LogP contribution < -0.4 is 9.47 Å². The van der Waals surface area contributed by atoms with E-state index in [1.165, 1.54) is 18.6 Å². The average molecular weight is 369 g/mol. The predicted molar refractivity (Wildman–Crippen MR) is 101 cm³/mol. The van der Waals surface area contributed by atoms with Crippen LogP contribution in [0.25, 0.3) is 0 Å². The Balaban J connectivity index is 1.87. The van der Waals surface area contributed by atoms with Crippen molar-refractivity contribution in [2.24, 2.45) is 0 Å². The van der Waals surface area contributed by atoms with Crippen molar-refractivity contribution in [2.45, 2.75) is 43.8 Å². The van der Waals surface area contributed by atoms with Crippen LogP contribution in [0.2, 0.25) is 0 Å². The first-order valence-corrected chi connectivity index (χ1v) is 9.28. The van der Waals surface area contributed by atoms with Crippen LogP contribution in [-0.2, 0) is 4.74 Å². The highest BCUT2D eigenvalue weighted by atomic mass is 16.6. The van der Waals surface area contributed by atoms with E-state index in [-0.39, 0.29) is 28.7 Å². The van der Waals surface area contributed by atoms with Crippen LogP contribution in [0.5, 0.6) is 11.5 Å². The van der Waals surface area contributed by atoms with E-state index >= 15 is 0 Å². The number of benzene rings is 2. The Hall–Kier alpha value is -2.60. The normalized spacial score (nSPS) is 23.9. The van der Waals surface area contributed by atoms with Gasteiger partial charge in [-0.1, -0.05) is 12.8 Å². The third-order valence-corrected chi connectivity index (χ3v) is 5.70. The van der Waals surface area contributed by atoms with Gasteiger partial charge in [-0.05, 0) is 42.7 Å². The highest BCUT2D eigenvalue weighted by Crippen LogP contribution is 2.52. The van der Waals surface area contributed by atoms with Crippen LogP contribution in [0.15, 0.2) is 36.4 Å². The summed E-state index contributed by atoms with van der Waals surface area (Å²) in [5.74, 6) is 1.91. The number of fused-ring (bicyclic) bond motifs is 3. The van der Waals surface area contributed by atoms with Gasteiger partial charge >= 0.3 is 0 Å². The molecule has 0 aromatic heterocycles. The van der Waals surface area contributed by atoms with Crippen molar-refractivity contribution in [3.05, 3.63) is 63.2 Å². The molecule has 0 spiro atoms. The van der Waals surface area contributed by atoms with E-state index in [0.717, 1.165) is 47.5 Å². The van der Waals surface area contributed by atoms with Crippen molar-refractivity contribution < 1.29 is 19.1 Å². The molecule has 2 aromatic rings. The van der Waals surface area contributed by atoms with Crippen LogP contribution in [0, 0.1) is 10.1 Å². The Morgan fingerprint density at radius 3 is 2.22 bits per heavy atom. The number of nitro groups is 1. The molecule has 0 N–H and O–H groups in total. The minimum Gasteiger partial charge on any atom is -0.496 e. The van der Waals surface area contributed by atoms with Crippen molar-refractivity contribution >= 4 is 5.69 Å². The van der Waals surface area contributed by atoms with Gasteiger partial charge in [-0.25, -0.2) is 0 Å². The minimum absolute atomic E-state index is 0.0722. The Morgan fingerprint density at radius 2 is 1.59 bits per heavy atom. The molecule has 1 saturated carbocycles. The standard InChI is InChI=1S/C21H23NO5/c1-25-17-11-12-18(26-2)20-19(17)15-5-3-4-6-16(15)27-21(20)13-7-9-14(10-8-13)22(23)24/h7-12,15-16,21H,3-6H2,1-2H3/t15-,16+,21-/m0/s1. The highest BCUT2D eigenvalue weighted by Gasteiger charge is 2.41. The molecule has 3 atom stereocenters. The van der Waals surface area contributed by atoms with Gasteiger partial charge in [0.15, 0.2) is 0 Å². The predicted octanol–water partition coefficient (Wildman–Crippen LogP) is 4.76. The van der Waals surface area contributed by atoms with Crippen LogP contribution in [0.3, 0.4) is 0 Å². The molecule has 27 heavy (non-hydrogen) atoms. The molecular formula is C21H23NO5. The van der Waals surface area contributed by atoms with E-state index in [1.54, 1.807) is 26.4 Å². The highest BCUT2D eigenvalue weighted by molar-refractivity contribution is 5.56. The van der Waals surface area contributed by atoms with E-state index < -0.39 is 0 Å². The van der Waals surface area contributed by atoms with Gasteiger partial charge in [0.05, 0.1) is 25.2 Å². The summed E-state index contributed by atoms with van der Waals surface area (Å²) < 4.78 is 17.9. The lowest BCUT2D eigenvalue weighted by Gasteiger charge is -2.42. The smallest absolute Gasteiger partial charge is 0.269 e. The maximum Gasteiger partial charge on any atom is 0.269 e. The number of nitro benzene ring substituents is 1. The zero-order valence-corrected chi connectivity index (χ0v) is 15.5. The number of hydrogen-bond acceptors (Lipinski definition) is 5. The molecule has 2 aromatic carbocycles. The second kappa shape index (κ2) is 7.19. The van der Waals surface area contributed by atoms with Gasteiger partial charge in [0, 0.05) is 29.2 Å². The Labute approximate surface area is 158 Å². The number of methoxy groups -OCH3 is 2. The van der Waals surface area contributed by atoms with Gasteiger partial charge in [-0.2, -0.15) is 0 Å². The van der Waals surface area contributed by atoms with Crippen molar-refractivity contribution in [2.75, 3.05) is 14.2 Å². The Morgan fingerprint density at radius 1 is 0.963 bits per heavy atom. The summed E-state index contributed by atoms with van der Waals surface area (Å²) >= 11 is 0. The van der Waals surface area contributed by atoms with Gasteiger partial charge < -0.3 is 14.2 Å². The summed E-state index contributed by atoms with van der Waals surface area (Å²) in [6.45, 7) is 0. The number of non-ortho nitro benzene ring substituents is 1. The fourth-order valence-electron chi connectivity index (χ4n) is 4.45. The molecule has 142 valence electrons. The lowest BCUT2D eigenvalue weighted by molar-refractivity contribution is -0.384. The quantitative estimate of drug-likeness (QED) is 0.574. The monoisotopic (exact) mass is 369 g/mol. The summed E-state index contributed by atoms with van der Waals surface area (Å²) in [5, 5.41) is 11.0. The molecule has 6 nitrogen and oxygen atoms in total. The van der Waals surface area contributed by atoms with Crippen molar-refractivity contribution in [3.8, 4) is 11.5 Å². The van der Waals surface area contributed by atoms with E-state index in [1.807, 2.05) is 12.1 Å². The van der Waals surface area contributed by atoms with Gasteiger partial charge in [0.1, 0.15) is 17.6 Å². The summed E-state index contributed by atoms with van der Waals surface area (Å²) in [6, 6.07) is 10.5. The molecule has 0 saturated heterocycles. The van der Waals surface area contributed by atoms with Crippen molar-refractivity contribution in [3.63, 3.8) is 0 Å². The summed E-state index contributed by atoms with van der Waals surface area (Å²) in [5.41, 5.74) is 3.10. The van der Waals surface area contributed by atoms with E-state index in [0.29, 0.717) is 0 Å². The van der Waals surface area contributed by atoms with Gasteiger partial charge in [0.25, 0.3) is 5.69 Å². The lowest BCUT2D eigenvalue weighted by atomic mass is 9.75. The second-order valence-corrected chi connectivity index (χ2v) is 7.09. The van der Waals surface area contributed by atoms with Crippen molar-refractivity contribution in [1.29, 1.82) is 0 Å². The van der Waals surface area contributed by atoms with Gasteiger partial charge in [-0.3, -0.25) is 10.1 Å². The Kier molecular flexibility index (Phi) is 4.74. The van der Waals surface area contributed by atoms with Gasteiger partial charge in [-0.15, -0.1) is 0 Å². The number of ether oxygens (including phenoxy) is 3. The zero-order chi connectivity index (χ0) is 19.0. The molecule has 6 heteroatoms. The van der Waals surface area contributed by atoms with E-state index in [9.17, 15) is 10.1 Å². The van der Waals surface area contributed by atoms with Crippen molar-refractivity contribution in [1.82, 2.24) is 0 Å². The molecule has 2 aliphatic rings. The maximum absolute atomic E-state index is 11.0. The zero-order valence-electron chi connectivity index (χ0n) is 15.5. The van der Waals surface area contributed by atoms with E-state index in [2.05, 4.69) is 0 Å². The average Bonchev–Trinajstić information content (AvgIpc) is 2.72. The third kappa shape index (κ3) is 3.04. The maximum atomic E-state index is 11.0. The molecule has 0 radical (unpaired) electrons. The first kappa shape index (κ1) is 17.8. The molecule has 1 aliphatic carbocycles. The molecule has 0 amide bonds. The number of nitrogens with zero attached hydrogens (tertiary/aromatic N) is 1. The number of hydrogen-bond donors (Lipinski definition) is 0. The first-order valence-electron chi connectivity index (χ1n) is 9.28.